The molecule has 1 aliphatic carbocycles. The van der Waals surface area contributed by atoms with Crippen LogP contribution in [-0.4, -0.2) is 28.1 Å². The van der Waals surface area contributed by atoms with Gasteiger partial charge < -0.3 is 10.0 Å². The first-order valence-corrected chi connectivity index (χ1v) is 6.50. The minimum absolute atomic E-state index is 0.0125. The van der Waals surface area contributed by atoms with Crippen molar-refractivity contribution in [1.29, 1.82) is 0 Å². The number of fused-ring (bicyclic) bond motifs is 1. The predicted octanol–water partition coefficient (Wildman–Crippen LogP) is 2.42. The van der Waals surface area contributed by atoms with E-state index >= 15 is 0 Å². The molecule has 1 aromatic rings. The van der Waals surface area contributed by atoms with E-state index in [-0.39, 0.29) is 11.9 Å². The molecule has 3 nitrogen and oxygen atoms in total. The zero-order chi connectivity index (χ0) is 12.7. The molecule has 3 rings (SSSR count). The van der Waals surface area contributed by atoms with Crippen LogP contribution in [0.2, 0.25) is 0 Å². The number of nitrogens with zero attached hydrogens (tertiary/aromatic N) is 1. The Morgan fingerprint density at radius 1 is 1.17 bits per heavy atom. The summed E-state index contributed by atoms with van der Waals surface area (Å²) in [5.74, 6) is -0.0125. The number of hydrogen-bond acceptors (Lipinski definition) is 2. The third kappa shape index (κ3) is 1.58. The highest BCUT2D eigenvalue weighted by Crippen LogP contribution is 2.37. The molecule has 1 aliphatic heterocycles. The molecule has 2 unspecified atom stereocenters. The largest absolute Gasteiger partial charge is 0.391 e. The van der Waals surface area contributed by atoms with Crippen molar-refractivity contribution in [3.8, 4) is 0 Å². The van der Waals surface area contributed by atoms with Gasteiger partial charge in [-0.25, -0.2) is 0 Å². The van der Waals surface area contributed by atoms with Crippen molar-refractivity contribution >= 4 is 11.6 Å². The maximum Gasteiger partial charge on any atom is 0.259 e. The second-order valence-corrected chi connectivity index (χ2v) is 5.09. The number of aliphatic hydroxyl groups is 1. The Kier molecular flexibility index (Phi) is 2.71. The van der Waals surface area contributed by atoms with Gasteiger partial charge >= 0.3 is 0 Å². The van der Waals surface area contributed by atoms with E-state index < -0.39 is 6.10 Å². The molecule has 0 saturated heterocycles. The van der Waals surface area contributed by atoms with Crippen molar-refractivity contribution in [3.63, 3.8) is 0 Å². The number of amides is 1. The van der Waals surface area contributed by atoms with E-state index in [1.807, 2.05) is 24.3 Å². The Morgan fingerprint density at radius 3 is 2.50 bits per heavy atom. The molecule has 0 aromatic heterocycles. The summed E-state index contributed by atoms with van der Waals surface area (Å²) in [5, 5.41) is 10.1. The summed E-state index contributed by atoms with van der Waals surface area (Å²) >= 11 is 0. The predicted molar refractivity (Wildman–Crippen MR) is 69.9 cm³/mol. The number of rotatable bonds is 1. The van der Waals surface area contributed by atoms with Crippen molar-refractivity contribution in [2.45, 2.75) is 37.8 Å². The lowest BCUT2D eigenvalue weighted by Gasteiger charge is -2.35. The van der Waals surface area contributed by atoms with E-state index in [1.54, 1.807) is 4.90 Å². The number of hydrogen-bond donors (Lipinski definition) is 1. The van der Waals surface area contributed by atoms with Crippen molar-refractivity contribution in [3.05, 3.63) is 42.0 Å². The summed E-state index contributed by atoms with van der Waals surface area (Å²) in [6.07, 6.45) is 3.32. The zero-order valence-electron chi connectivity index (χ0n) is 10.3. The second-order valence-electron chi connectivity index (χ2n) is 5.09. The molecular weight excluding hydrogens is 226 g/mol. The maximum absolute atomic E-state index is 12.4. The van der Waals surface area contributed by atoms with E-state index in [4.69, 9.17) is 0 Å². The van der Waals surface area contributed by atoms with Crippen LogP contribution in [0.3, 0.4) is 0 Å². The van der Waals surface area contributed by atoms with Crippen LogP contribution in [0.5, 0.6) is 0 Å². The minimum Gasteiger partial charge on any atom is -0.391 e. The van der Waals surface area contributed by atoms with Crippen LogP contribution in [0, 0.1) is 0 Å². The third-order valence-electron chi connectivity index (χ3n) is 4.00. The molecule has 2 aliphatic rings. The molecule has 1 aromatic carbocycles. The van der Waals surface area contributed by atoms with Gasteiger partial charge in [-0.2, -0.15) is 0 Å². The monoisotopic (exact) mass is 243 g/mol. The SMILES string of the molecule is C=C1c2ccccc2C(=O)N1C1CCCCC1O. The van der Waals surface area contributed by atoms with E-state index in [0.29, 0.717) is 5.56 Å². The van der Waals surface area contributed by atoms with Gasteiger partial charge in [-0.1, -0.05) is 37.6 Å². The van der Waals surface area contributed by atoms with Crippen LogP contribution in [0.1, 0.15) is 41.6 Å². The lowest BCUT2D eigenvalue weighted by atomic mass is 9.91. The van der Waals surface area contributed by atoms with Gasteiger partial charge in [0.05, 0.1) is 12.1 Å². The normalized spacial score (nSPS) is 27.5. The van der Waals surface area contributed by atoms with E-state index in [2.05, 4.69) is 6.58 Å². The maximum atomic E-state index is 12.4. The quantitative estimate of drug-likeness (QED) is 0.823. The number of carbonyl (C=O) groups excluding carboxylic acids is 1. The zero-order valence-corrected chi connectivity index (χ0v) is 10.3. The fourth-order valence-electron chi connectivity index (χ4n) is 3.05. The topological polar surface area (TPSA) is 40.5 Å². The van der Waals surface area contributed by atoms with E-state index in [9.17, 15) is 9.90 Å². The van der Waals surface area contributed by atoms with Crippen LogP contribution >= 0.6 is 0 Å². The second kappa shape index (κ2) is 4.25. The molecule has 2 atom stereocenters. The molecule has 0 bridgehead atoms. The van der Waals surface area contributed by atoms with Crippen molar-refractivity contribution in [2.75, 3.05) is 0 Å². The van der Waals surface area contributed by atoms with Crippen LogP contribution in [-0.2, 0) is 0 Å². The number of aliphatic hydroxyl groups excluding tert-OH is 1. The Labute approximate surface area is 107 Å². The van der Waals surface area contributed by atoms with Gasteiger partial charge in [-0.3, -0.25) is 4.79 Å². The first-order chi connectivity index (χ1) is 8.70. The summed E-state index contributed by atoms with van der Waals surface area (Å²) in [6.45, 7) is 4.03. The molecule has 1 N–H and O–H groups in total. The van der Waals surface area contributed by atoms with Gasteiger partial charge in [0.2, 0.25) is 0 Å². The molecule has 0 spiro atoms. The standard InChI is InChI=1S/C15H17NO2/c1-10-11-6-2-3-7-12(11)15(18)16(10)13-8-4-5-9-14(13)17/h2-3,6-7,13-14,17H,1,4-5,8-9H2. The van der Waals surface area contributed by atoms with Crippen LogP contribution < -0.4 is 0 Å². The van der Waals surface area contributed by atoms with Crippen molar-refractivity contribution < 1.29 is 9.90 Å². The highest BCUT2D eigenvalue weighted by atomic mass is 16.3. The highest BCUT2D eigenvalue weighted by Gasteiger charge is 2.39. The van der Waals surface area contributed by atoms with Gasteiger partial charge in [-0.15, -0.1) is 0 Å². The molecule has 94 valence electrons. The Morgan fingerprint density at radius 2 is 1.83 bits per heavy atom. The number of carbonyl (C=O) groups is 1. The molecule has 1 saturated carbocycles. The van der Waals surface area contributed by atoms with Crippen LogP contribution in [0.4, 0.5) is 0 Å². The third-order valence-corrected chi connectivity index (χ3v) is 4.00. The molecule has 0 radical (unpaired) electrons. The minimum atomic E-state index is -0.422. The van der Waals surface area contributed by atoms with Gasteiger partial charge in [0.15, 0.2) is 0 Å². The summed E-state index contributed by atoms with van der Waals surface area (Å²) in [6, 6.07) is 7.43. The van der Waals surface area contributed by atoms with E-state index in [0.717, 1.165) is 36.9 Å². The van der Waals surface area contributed by atoms with Crippen molar-refractivity contribution in [1.82, 2.24) is 4.90 Å². The molecule has 1 fully saturated rings. The van der Waals surface area contributed by atoms with Gasteiger partial charge in [0.25, 0.3) is 5.91 Å². The molecule has 1 heterocycles. The molecule has 3 heteroatoms. The van der Waals surface area contributed by atoms with Gasteiger partial charge in [0.1, 0.15) is 0 Å². The summed E-state index contributed by atoms with van der Waals surface area (Å²) in [7, 11) is 0. The lowest BCUT2D eigenvalue weighted by molar-refractivity contribution is 0.0391. The summed E-state index contributed by atoms with van der Waals surface area (Å²) in [4.78, 5) is 14.1. The van der Waals surface area contributed by atoms with Gasteiger partial charge in [-0.05, 0) is 18.9 Å². The fraction of sp³-hybridized carbons (Fsp3) is 0.400. The molecule has 18 heavy (non-hydrogen) atoms. The molecular formula is C15H17NO2. The Bertz CT molecular complexity index is 474. The Hall–Kier alpha value is -1.61. The smallest absolute Gasteiger partial charge is 0.259 e. The first-order valence-electron chi connectivity index (χ1n) is 6.50. The van der Waals surface area contributed by atoms with Crippen molar-refractivity contribution in [2.24, 2.45) is 0 Å². The summed E-state index contributed by atoms with van der Waals surface area (Å²) in [5.41, 5.74) is 2.35. The fourth-order valence-corrected chi connectivity index (χ4v) is 3.05. The van der Waals surface area contributed by atoms with Gasteiger partial charge in [0, 0.05) is 16.8 Å². The lowest BCUT2D eigenvalue weighted by Crippen LogP contribution is -2.44. The van der Waals surface area contributed by atoms with E-state index in [1.165, 1.54) is 0 Å². The highest BCUT2D eigenvalue weighted by molar-refractivity contribution is 6.09. The summed E-state index contributed by atoms with van der Waals surface area (Å²) < 4.78 is 0. The van der Waals surface area contributed by atoms with Crippen LogP contribution in [0.15, 0.2) is 30.8 Å². The van der Waals surface area contributed by atoms with Crippen LogP contribution in [0.25, 0.3) is 5.70 Å². The molecule has 1 amide bonds. The number of benzene rings is 1. The average molecular weight is 243 g/mol. The average Bonchev–Trinajstić information content (AvgIpc) is 2.64. The Balaban J connectivity index is 1.96. The first kappa shape index (κ1) is 11.5.